The first-order valence-electron chi connectivity index (χ1n) is 3.02. The second-order valence-electron chi connectivity index (χ2n) is 1.68. The fourth-order valence-corrected chi connectivity index (χ4v) is 0.699. The number of hydrogen-bond acceptors (Lipinski definition) is 5. The number of hydrogen-bond donors (Lipinski definition) is 1. The second-order valence-corrected chi connectivity index (χ2v) is 2.02. The summed E-state index contributed by atoms with van der Waals surface area (Å²) in [5.41, 5.74) is 5.26. The van der Waals surface area contributed by atoms with Gasteiger partial charge in [0.2, 0.25) is 11.2 Å². The molecule has 11 heavy (non-hydrogen) atoms. The third kappa shape index (κ3) is 2.19. The fraction of sp³-hybridized carbons (Fsp3) is 0.400. The molecule has 0 fully saturated rings. The van der Waals surface area contributed by atoms with E-state index < -0.39 is 0 Å². The number of anilines is 1. The number of rotatable bonds is 2. The fourth-order valence-electron chi connectivity index (χ4n) is 0.540. The minimum atomic E-state index is 0.0425. The molecule has 6 heteroatoms. The van der Waals surface area contributed by atoms with Gasteiger partial charge in [-0.2, -0.15) is 15.0 Å². The first-order chi connectivity index (χ1) is 5.22. The molecular formula is C5H7ClN4O. The maximum absolute atomic E-state index is 5.46. The van der Waals surface area contributed by atoms with Crippen molar-refractivity contribution in [3.8, 4) is 6.01 Å². The summed E-state index contributed by atoms with van der Waals surface area (Å²) in [6.45, 7) is 2.29. The van der Waals surface area contributed by atoms with E-state index in [0.29, 0.717) is 6.61 Å². The highest BCUT2D eigenvalue weighted by molar-refractivity contribution is 6.28. The normalized spacial score (nSPS) is 9.64. The highest BCUT2D eigenvalue weighted by Crippen LogP contribution is 2.08. The maximum Gasteiger partial charge on any atom is 0.322 e. The van der Waals surface area contributed by atoms with Gasteiger partial charge in [0.25, 0.3) is 0 Å². The molecule has 0 aliphatic rings. The Morgan fingerprint density at radius 1 is 1.45 bits per heavy atom. The molecule has 0 radical (unpaired) electrons. The Morgan fingerprint density at radius 2 is 2.18 bits per heavy atom. The van der Waals surface area contributed by atoms with Crippen LogP contribution in [0.1, 0.15) is 6.92 Å². The first kappa shape index (κ1) is 8.00. The minimum absolute atomic E-state index is 0.0425. The summed E-state index contributed by atoms with van der Waals surface area (Å²) in [7, 11) is 0. The molecule has 0 spiro atoms. The summed E-state index contributed by atoms with van der Waals surface area (Å²) < 4.78 is 4.94. The Kier molecular flexibility index (Phi) is 2.43. The number of halogens is 1. The third-order valence-corrected chi connectivity index (χ3v) is 1.05. The lowest BCUT2D eigenvalue weighted by molar-refractivity contribution is 0.312. The maximum atomic E-state index is 5.46. The predicted molar refractivity (Wildman–Crippen MR) is 40.4 cm³/mol. The van der Waals surface area contributed by atoms with Crippen molar-refractivity contribution in [2.24, 2.45) is 0 Å². The third-order valence-electron chi connectivity index (χ3n) is 0.878. The van der Waals surface area contributed by atoms with Gasteiger partial charge in [0.15, 0.2) is 0 Å². The SMILES string of the molecule is CCOc1nc(N)nc(Cl)n1. The molecule has 5 nitrogen and oxygen atoms in total. The van der Waals surface area contributed by atoms with E-state index in [0.717, 1.165) is 0 Å². The zero-order valence-corrected chi connectivity index (χ0v) is 6.67. The van der Waals surface area contributed by atoms with Crippen molar-refractivity contribution in [3.63, 3.8) is 0 Å². The van der Waals surface area contributed by atoms with Crippen LogP contribution in [0.15, 0.2) is 0 Å². The van der Waals surface area contributed by atoms with Gasteiger partial charge >= 0.3 is 6.01 Å². The Labute approximate surface area is 68.6 Å². The molecular weight excluding hydrogens is 168 g/mol. The average molecular weight is 175 g/mol. The average Bonchev–Trinajstić information content (AvgIpc) is 1.85. The Balaban J connectivity index is 2.89. The van der Waals surface area contributed by atoms with Crippen molar-refractivity contribution in [2.45, 2.75) is 6.92 Å². The van der Waals surface area contributed by atoms with Crippen molar-refractivity contribution in [3.05, 3.63) is 5.28 Å². The molecule has 1 heterocycles. The van der Waals surface area contributed by atoms with E-state index in [1.807, 2.05) is 6.92 Å². The first-order valence-corrected chi connectivity index (χ1v) is 3.40. The summed E-state index contributed by atoms with van der Waals surface area (Å²) in [6, 6.07) is 0.157. The molecule has 0 aromatic carbocycles. The lowest BCUT2D eigenvalue weighted by Crippen LogP contribution is -2.02. The molecule has 60 valence electrons. The monoisotopic (exact) mass is 174 g/mol. The zero-order chi connectivity index (χ0) is 8.27. The number of nitrogens with two attached hydrogens (primary N) is 1. The van der Waals surface area contributed by atoms with Crippen LogP contribution in [-0.4, -0.2) is 21.6 Å². The lowest BCUT2D eigenvalue weighted by atomic mass is 10.8. The van der Waals surface area contributed by atoms with Gasteiger partial charge in [0.05, 0.1) is 6.61 Å². The van der Waals surface area contributed by atoms with Crippen LogP contribution in [0.4, 0.5) is 5.95 Å². The Bertz CT molecular complexity index is 234. The van der Waals surface area contributed by atoms with Crippen molar-refractivity contribution < 1.29 is 4.74 Å². The highest BCUT2D eigenvalue weighted by Gasteiger charge is 2.00. The minimum Gasteiger partial charge on any atom is -0.464 e. The van der Waals surface area contributed by atoms with E-state index >= 15 is 0 Å². The molecule has 0 bridgehead atoms. The van der Waals surface area contributed by atoms with Gasteiger partial charge in [0.1, 0.15) is 0 Å². The highest BCUT2D eigenvalue weighted by atomic mass is 35.5. The number of aromatic nitrogens is 3. The van der Waals surface area contributed by atoms with Crippen molar-refractivity contribution >= 4 is 17.5 Å². The molecule has 1 aromatic heterocycles. The number of nitrogen functional groups attached to an aromatic ring is 1. The predicted octanol–water partition coefficient (Wildman–Crippen LogP) is 0.506. The van der Waals surface area contributed by atoms with E-state index in [9.17, 15) is 0 Å². The quantitative estimate of drug-likeness (QED) is 0.707. The van der Waals surface area contributed by atoms with E-state index in [1.165, 1.54) is 0 Å². The van der Waals surface area contributed by atoms with Gasteiger partial charge in [0, 0.05) is 0 Å². The van der Waals surface area contributed by atoms with Crippen LogP contribution in [0.2, 0.25) is 5.28 Å². The van der Waals surface area contributed by atoms with Gasteiger partial charge in [-0.25, -0.2) is 0 Å². The van der Waals surface area contributed by atoms with Crippen molar-refractivity contribution in [1.82, 2.24) is 15.0 Å². The molecule has 0 saturated carbocycles. The molecule has 1 aromatic rings. The van der Waals surface area contributed by atoms with Crippen molar-refractivity contribution in [2.75, 3.05) is 12.3 Å². The van der Waals surface area contributed by atoms with Crippen LogP contribution in [0, 0.1) is 0 Å². The van der Waals surface area contributed by atoms with E-state index in [4.69, 9.17) is 22.1 Å². The second kappa shape index (κ2) is 3.34. The van der Waals surface area contributed by atoms with Crippen LogP contribution in [0.5, 0.6) is 6.01 Å². The standard InChI is InChI=1S/C5H7ClN4O/c1-2-11-5-9-3(6)8-4(7)10-5/h2H2,1H3,(H2,7,8,9,10). The van der Waals surface area contributed by atoms with Crippen LogP contribution in [-0.2, 0) is 0 Å². The van der Waals surface area contributed by atoms with Gasteiger partial charge in [-0.1, -0.05) is 0 Å². The molecule has 0 aliphatic carbocycles. The van der Waals surface area contributed by atoms with Gasteiger partial charge in [-0.05, 0) is 18.5 Å². The summed E-state index contributed by atoms with van der Waals surface area (Å²) in [5.74, 6) is 0.0634. The van der Waals surface area contributed by atoms with Crippen LogP contribution >= 0.6 is 11.6 Å². The Hall–Kier alpha value is -1.10. The van der Waals surface area contributed by atoms with Gasteiger partial charge in [-0.3, -0.25) is 0 Å². The van der Waals surface area contributed by atoms with Crippen LogP contribution in [0.25, 0.3) is 0 Å². The Morgan fingerprint density at radius 3 is 2.73 bits per heavy atom. The smallest absolute Gasteiger partial charge is 0.322 e. The summed E-state index contributed by atoms with van der Waals surface area (Å²) in [4.78, 5) is 10.9. The summed E-state index contributed by atoms with van der Waals surface area (Å²) >= 11 is 5.46. The largest absolute Gasteiger partial charge is 0.464 e. The zero-order valence-electron chi connectivity index (χ0n) is 5.91. The molecule has 0 aliphatic heterocycles. The number of nitrogens with zero attached hydrogens (tertiary/aromatic N) is 3. The van der Waals surface area contributed by atoms with Crippen LogP contribution < -0.4 is 10.5 Å². The van der Waals surface area contributed by atoms with Gasteiger partial charge in [-0.15, -0.1) is 0 Å². The van der Waals surface area contributed by atoms with Crippen molar-refractivity contribution in [1.29, 1.82) is 0 Å². The number of ether oxygens (including phenoxy) is 1. The molecule has 2 N–H and O–H groups in total. The molecule has 0 saturated heterocycles. The van der Waals surface area contributed by atoms with E-state index in [1.54, 1.807) is 0 Å². The molecule has 0 atom stereocenters. The lowest BCUT2D eigenvalue weighted by Gasteiger charge is -1.99. The van der Waals surface area contributed by atoms with E-state index in [-0.39, 0.29) is 17.2 Å². The van der Waals surface area contributed by atoms with Gasteiger partial charge < -0.3 is 10.5 Å². The summed E-state index contributed by atoms with van der Waals surface area (Å²) in [6.07, 6.45) is 0. The topological polar surface area (TPSA) is 73.9 Å². The molecule has 0 unspecified atom stereocenters. The molecule has 1 rings (SSSR count). The van der Waals surface area contributed by atoms with Crippen LogP contribution in [0.3, 0.4) is 0 Å². The molecule has 0 amide bonds. The van der Waals surface area contributed by atoms with E-state index in [2.05, 4.69) is 15.0 Å². The summed E-state index contributed by atoms with van der Waals surface area (Å²) in [5, 5.41) is 0.0425.